The summed E-state index contributed by atoms with van der Waals surface area (Å²) < 4.78 is 0. The number of fused-ring (bicyclic) bond motifs is 5. The lowest BCUT2D eigenvalue weighted by Crippen LogP contribution is -2.54. The van der Waals surface area contributed by atoms with Crippen molar-refractivity contribution in [3.8, 4) is 0 Å². The van der Waals surface area contributed by atoms with Gasteiger partial charge in [0.2, 0.25) is 0 Å². The first-order chi connectivity index (χ1) is 15.0. The van der Waals surface area contributed by atoms with Gasteiger partial charge in [-0.3, -0.25) is 4.79 Å². The molecule has 4 aliphatic carbocycles. The van der Waals surface area contributed by atoms with E-state index >= 15 is 0 Å². The normalized spacial score (nSPS) is 44.3. The maximum Gasteiger partial charge on any atom is 0.159 e. The molecule has 3 heteroatoms. The van der Waals surface area contributed by atoms with Crippen LogP contribution in [0.3, 0.4) is 0 Å². The molecule has 0 radical (unpaired) electrons. The smallest absolute Gasteiger partial charge is 0.159 e. The van der Waals surface area contributed by atoms with Gasteiger partial charge in [0.15, 0.2) is 5.78 Å². The Morgan fingerprint density at radius 1 is 1.06 bits per heavy atom. The molecule has 3 saturated carbocycles. The molecule has 0 amide bonds. The van der Waals surface area contributed by atoms with Gasteiger partial charge in [-0.1, -0.05) is 53.5 Å². The summed E-state index contributed by atoms with van der Waals surface area (Å²) >= 11 is 0. The van der Waals surface area contributed by atoms with Crippen LogP contribution in [0.2, 0.25) is 0 Å². The third kappa shape index (κ3) is 3.84. The minimum absolute atomic E-state index is 0.0912. The first-order valence-electron chi connectivity index (χ1n) is 13.6. The highest BCUT2D eigenvalue weighted by Gasteiger charge is 2.61. The number of hydrogen-bond donors (Lipinski definition) is 2. The van der Waals surface area contributed by atoms with E-state index in [0.717, 1.165) is 44.9 Å². The molecule has 0 aromatic carbocycles. The van der Waals surface area contributed by atoms with Gasteiger partial charge in [-0.2, -0.15) is 0 Å². The van der Waals surface area contributed by atoms with E-state index in [0.29, 0.717) is 47.7 Å². The van der Waals surface area contributed by atoms with Crippen LogP contribution in [-0.4, -0.2) is 28.2 Å². The van der Waals surface area contributed by atoms with Crippen LogP contribution in [-0.2, 0) is 4.79 Å². The Balaban J connectivity index is 1.55. The van der Waals surface area contributed by atoms with Crippen LogP contribution in [0, 0.1) is 52.3 Å². The molecule has 0 spiro atoms. The van der Waals surface area contributed by atoms with Gasteiger partial charge < -0.3 is 10.2 Å². The van der Waals surface area contributed by atoms with E-state index in [1.807, 2.05) is 6.08 Å². The van der Waals surface area contributed by atoms with Gasteiger partial charge in [0.25, 0.3) is 0 Å². The zero-order valence-corrected chi connectivity index (χ0v) is 21.4. The Labute approximate surface area is 196 Å². The number of allylic oxidation sites excluding steroid dienone is 1. The van der Waals surface area contributed by atoms with E-state index in [-0.39, 0.29) is 29.0 Å². The SMILES string of the molecule is CC[C@@H](C[C@@H](O)[C@@H](C)[C@H]1CC[C@H]2[C@@H]3C(=O)C=C4C[C@@H](O)CC[C@]4(C)[C@H]3CC[C@]12C)C(C)C. The summed E-state index contributed by atoms with van der Waals surface area (Å²) in [5.41, 5.74) is 1.48. The molecule has 0 unspecified atom stereocenters. The second-order valence-corrected chi connectivity index (χ2v) is 12.9. The average molecular weight is 445 g/mol. The number of carbonyl (C=O) groups excluding carboxylic acids is 1. The molecule has 10 atom stereocenters. The van der Waals surface area contributed by atoms with Gasteiger partial charge in [-0.15, -0.1) is 0 Å². The van der Waals surface area contributed by atoms with Crippen LogP contribution >= 0.6 is 0 Å². The number of aliphatic hydroxyl groups is 2. The van der Waals surface area contributed by atoms with Crippen LogP contribution < -0.4 is 0 Å². The third-order valence-electron chi connectivity index (χ3n) is 11.2. The fraction of sp³-hybridized carbons (Fsp3) is 0.897. The molecule has 0 aliphatic heterocycles. The average Bonchev–Trinajstić information content (AvgIpc) is 3.09. The molecule has 3 nitrogen and oxygen atoms in total. The molecule has 0 saturated heterocycles. The summed E-state index contributed by atoms with van der Waals surface area (Å²) in [7, 11) is 0. The molecular weight excluding hydrogens is 396 g/mol. The molecule has 0 bridgehead atoms. The molecule has 2 N–H and O–H groups in total. The fourth-order valence-electron chi connectivity index (χ4n) is 8.99. The second kappa shape index (κ2) is 8.84. The molecule has 32 heavy (non-hydrogen) atoms. The topological polar surface area (TPSA) is 57.5 Å². The van der Waals surface area contributed by atoms with Crippen LogP contribution in [0.5, 0.6) is 0 Å². The van der Waals surface area contributed by atoms with Gasteiger partial charge in [-0.25, -0.2) is 0 Å². The van der Waals surface area contributed by atoms with Crippen molar-refractivity contribution in [2.24, 2.45) is 52.3 Å². The molecule has 0 heterocycles. The van der Waals surface area contributed by atoms with Crippen molar-refractivity contribution in [1.82, 2.24) is 0 Å². The summed E-state index contributed by atoms with van der Waals surface area (Å²) in [5.74, 6) is 3.36. The molecule has 3 fully saturated rings. The standard InChI is InChI=1S/C29H48O3/c1-7-19(17(2)3)14-25(31)18(4)22-8-9-23-27-24(11-13-29(22,23)6)28(5)12-10-21(30)15-20(28)16-26(27)32/h16-19,21-25,27,30-31H,7-15H2,1-6H3/t18-,19-,21-,22+,23-,24-,25+,27-,28-,29+/m0/s1. The van der Waals surface area contributed by atoms with Gasteiger partial charge in [0.1, 0.15) is 0 Å². The highest BCUT2D eigenvalue weighted by atomic mass is 16.3. The predicted molar refractivity (Wildman–Crippen MR) is 130 cm³/mol. The number of ketones is 1. The third-order valence-corrected chi connectivity index (χ3v) is 11.2. The molecule has 4 aliphatic rings. The van der Waals surface area contributed by atoms with Crippen molar-refractivity contribution in [3.05, 3.63) is 11.6 Å². The Morgan fingerprint density at radius 3 is 2.44 bits per heavy atom. The summed E-state index contributed by atoms with van der Waals surface area (Å²) in [6.45, 7) is 13.9. The quantitative estimate of drug-likeness (QED) is 0.515. The van der Waals surface area contributed by atoms with Gasteiger partial charge in [-0.05, 0) is 104 Å². The van der Waals surface area contributed by atoms with Crippen molar-refractivity contribution in [2.45, 2.75) is 112 Å². The van der Waals surface area contributed by atoms with Crippen molar-refractivity contribution in [3.63, 3.8) is 0 Å². The van der Waals surface area contributed by atoms with Crippen molar-refractivity contribution >= 4 is 5.78 Å². The first kappa shape index (κ1) is 24.5. The largest absolute Gasteiger partial charge is 0.393 e. The number of carbonyl (C=O) groups is 1. The van der Waals surface area contributed by atoms with E-state index in [1.165, 1.54) is 12.0 Å². The van der Waals surface area contributed by atoms with Crippen molar-refractivity contribution in [1.29, 1.82) is 0 Å². The Morgan fingerprint density at radius 2 is 1.78 bits per heavy atom. The summed E-state index contributed by atoms with van der Waals surface area (Å²) in [5, 5.41) is 21.5. The molecule has 0 aromatic heterocycles. The van der Waals surface area contributed by atoms with Gasteiger partial charge >= 0.3 is 0 Å². The maximum atomic E-state index is 13.5. The van der Waals surface area contributed by atoms with Crippen LogP contribution in [0.25, 0.3) is 0 Å². The van der Waals surface area contributed by atoms with Crippen molar-refractivity contribution < 1.29 is 15.0 Å². The summed E-state index contributed by atoms with van der Waals surface area (Å²) in [4.78, 5) is 13.5. The van der Waals surface area contributed by atoms with E-state index in [2.05, 4.69) is 41.5 Å². The molecule has 182 valence electrons. The van der Waals surface area contributed by atoms with Crippen LogP contribution in [0.4, 0.5) is 0 Å². The highest BCUT2D eigenvalue weighted by molar-refractivity contribution is 5.94. The molecular formula is C29H48O3. The molecule has 4 rings (SSSR count). The lowest BCUT2D eigenvalue weighted by atomic mass is 9.46. The Bertz CT molecular complexity index is 741. The monoisotopic (exact) mass is 444 g/mol. The lowest BCUT2D eigenvalue weighted by molar-refractivity contribution is -0.135. The summed E-state index contributed by atoms with van der Waals surface area (Å²) in [6.07, 6.45) is 10.6. The minimum Gasteiger partial charge on any atom is -0.393 e. The van der Waals surface area contributed by atoms with E-state index in [9.17, 15) is 15.0 Å². The Hall–Kier alpha value is -0.670. The second-order valence-electron chi connectivity index (χ2n) is 12.9. The summed E-state index contributed by atoms with van der Waals surface area (Å²) in [6, 6.07) is 0. The van der Waals surface area contributed by atoms with Gasteiger partial charge in [0.05, 0.1) is 12.2 Å². The molecule has 0 aromatic rings. The number of aliphatic hydroxyl groups excluding tert-OH is 2. The minimum atomic E-state index is -0.275. The van der Waals surface area contributed by atoms with Gasteiger partial charge in [0, 0.05) is 5.92 Å². The van der Waals surface area contributed by atoms with Crippen LogP contribution in [0.15, 0.2) is 11.6 Å². The van der Waals surface area contributed by atoms with E-state index in [4.69, 9.17) is 0 Å². The number of hydrogen-bond acceptors (Lipinski definition) is 3. The maximum absolute atomic E-state index is 13.5. The fourth-order valence-corrected chi connectivity index (χ4v) is 8.99. The Kier molecular flexibility index (Phi) is 6.75. The first-order valence-corrected chi connectivity index (χ1v) is 13.6. The predicted octanol–water partition coefficient (Wildman–Crippen LogP) is 6.17. The zero-order valence-electron chi connectivity index (χ0n) is 21.4. The van der Waals surface area contributed by atoms with E-state index in [1.54, 1.807) is 0 Å². The lowest BCUT2D eigenvalue weighted by Gasteiger charge is -2.57. The zero-order chi connectivity index (χ0) is 23.4. The van der Waals surface area contributed by atoms with Crippen molar-refractivity contribution in [2.75, 3.05) is 0 Å². The van der Waals surface area contributed by atoms with Crippen LogP contribution in [0.1, 0.15) is 99.3 Å². The van der Waals surface area contributed by atoms with E-state index < -0.39 is 0 Å². The highest BCUT2D eigenvalue weighted by Crippen LogP contribution is 2.66. The number of rotatable bonds is 6.